The zero-order valence-electron chi connectivity index (χ0n) is 13.2. The number of hydrogen-bond acceptors (Lipinski definition) is 4. The number of fused-ring (bicyclic) bond motifs is 1. The molecule has 1 aromatic rings. The Morgan fingerprint density at radius 3 is 3.00 bits per heavy atom. The van der Waals surface area contributed by atoms with E-state index in [0.717, 1.165) is 43.0 Å². The Balaban J connectivity index is 1.53. The Morgan fingerprint density at radius 2 is 2.18 bits per heavy atom. The first kappa shape index (κ1) is 15.0. The molecule has 0 bridgehead atoms. The number of likely N-dealkylation sites (N-methyl/N-ethyl adjacent to an activating group) is 1. The number of hydrogen-bond donors (Lipinski definition) is 1. The third kappa shape index (κ3) is 3.27. The van der Waals surface area contributed by atoms with Gasteiger partial charge in [-0.2, -0.15) is 0 Å². The van der Waals surface area contributed by atoms with E-state index >= 15 is 0 Å². The number of piperidine rings is 1. The van der Waals surface area contributed by atoms with Crippen molar-refractivity contribution in [3.05, 3.63) is 23.8 Å². The number of ether oxygens (including phenoxy) is 2. The van der Waals surface area contributed by atoms with E-state index in [1.165, 1.54) is 0 Å². The summed E-state index contributed by atoms with van der Waals surface area (Å²) in [6, 6.07) is 6.20. The van der Waals surface area contributed by atoms with E-state index in [2.05, 4.69) is 24.3 Å². The number of carbonyl (C=O) groups is 1. The van der Waals surface area contributed by atoms with Crippen LogP contribution in [0.5, 0.6) is 11.5 Å². The smallest absolute Gasteiger partial charge is 0.317 e. The summed E-state index contributed by atoms with van der Waals surface area (Å²) in [5, 5.41) is 2.99. The van der Waals surface area contributed by atoms with Gasteiger partial charge in [0.15, 0.2) is 11.5 Å². The molecule has 0 aromatic heterocycles. The maximum atomic E-state index is 12.3. The van der Waals surface area contributed by atoms with Crippen molar-refractivity contribution in [2.24, 2.45) is 0 Å². The van der Waals surface area contributed by atoms with Gasteiger partial charge in [0.25, 0.3) is 0 Å². The summed E-state index contributed by atoms with van der Waals surface area (Å²) < 4.78 is 10.6. The van der Waals surface area contributed by atoms with Crippen molar-refractivity contribution in [1.82, 2.24) is 15.1 Å². The molecule has 120 valence electrons. The van der Waals surface area contributed by atoms with Gasteiger partial charge in [-0.15, -0.1) is 0 Å². The van der Waals surface area contributed by atoms with Crippen molar-refractivity contribution in [2.45, 2.75) is 25.4 Å². The third-order valence-electron chi connectivity index (χ3n) is 4.29. The van der Waals surface area contributed by atoms with Crippen molar-refractivity contribution < 1.29 is 14.3 Å². The fourth-order valence-electron chi connectivity index (χ4n) is 2.90. The lowest BCUT2D eigenvalue weighted by Gasteiger charge is -2.36. The van der Waals surface area contributed by atoms with E-state index in [0.29, 0.717) is 12.6 Å². The maximum absolute atomic E-state index is 12.3. The zero-order chi connectivity index (χ0) is 15.5. The Hall–Kier alpha value is -1.95. The first-order valence-corrected chi connectivity index (χ1v) is 7.71. The number of urea groups is 1. The SMILES string of the molecule is CN(C)C1CCCN(C(=O)NCc2ccc3c(c2)OCO3)C1. The van der Waals surface area contributed by atoms with E-state index in [9.17, 15) is 4.79 Å². The van der Waals surface area contributed by atoms with Gasteiger partial charge in [0.1, 0.15) is 0 Å². The van der Waals surface area contributed by atoms with Crippen LogP contribution in [0.4, 0.5) is 4.79 Å². The molecule has 2 aliphatic heterocycles. The molecule has 1 fully saturated rings. The Bertz CT molecular complexity index is 547. The molecule has 1 unspecified atom stereocenters. The minimum absolute atomic E-state index is 0.00390. The normalized spacial score (nSPS) is 20.3. The number of nitrogens with zero attached hydrogens (tertiary/aromatic N) is 2. The standard InChI is InChI=1S/C16H23N3O3/c1-18(2)13-4-3-7-19(10-13)16(20)17-9-12-5-6-14-15(8-12)22-11-21-14/h5-6,8,13H,3-4,7,9-11H2,1-2H3,(H,17,20). The molecular weight excluding hydrogens is 282 g/mol. The lowest BCUT2D eigenvalue weighted by Crippen LogP contribution is -2.50. The van der Waals surface area contributed by atoms with Crippen LogP contribution >= 0.6 is 0 Å². The summed E-state index contributed by atoms with van der Waals surface area (Å²) in [4.78, 5) is 16.4. The molecule has 0 spiro atoms. The molecule has 2 amide bonds. The summed E-state index contributed by atoms with van der Waals surface area (Å²) >= 11 is 0. The maximum Gasteiger partial charge on any atom is 0.317 e. The summed E-state index contributed by atoms with van der Waals surface area (Å²) in [6.45, 7) is 2.39. The van der Waals surface area contributed by atoms with Crippen molar-refractivity contribution >= 4 is 6.03 Å². The van der Waals surface area contributed by atoms with Gasteiger partial charge in [-0.1, -0.05) is 6.07 Å². The van der Waals surface area contributed by atoms with E-state index < -0.39 is 0 Å². The number of amides is 2. The van der Waals surface area contributed by atoms with E-state index in [-0.39, 0.29) is 12.8 Å². The molecule has 0 radical (unpaired) electrons. The third-order valence-corrected chi connectivity index (χ3v) is 4.29. The number of nitrogens with one attached hydrogen (secondary N) is 1. The lowest BCUT2D eigenvalue weighted by molar-refractivity contribution is 0.140. The lowest BCUT2D eigenvalue weighted by atomic mass is 10.1. The Morgan fingerprint density at radius 1 is 1.36 bits per heavy atom. The van der Waals surface area contributed by atoms with Gasteiger partial charge in [-0.05, 0) is 44.6 Å². The van der Waals surface area contributed by atoms with Crippen LogP contribution in [0, 0.1) is 0 Å². The highest BCUT2D eigenvalue weighted by atomic mass is 16.7. The van der Waals surface area contributed by atoms with E-state index in [4.69, 9.17) is 9.47 Å². The van der Waals surface area contributed by atoms with Crippen LogP contribution in [-0.4, -0.2) is 55.9 Å². The monoisotopic (exact) mass is 305 g/mol. The van der Waals surface area contributed by atoms with Crippen LogP contribution in [0.2, 0.25) is 0 Å². The van der Waals surface area contributed by atoms with Crippen LogP contribution in [0.3, 0.4) is 0 Å². The molecule has 1 aromatic carbocycles. The minimum atomic E-state index is 0.00390. The molecule has 6 heteroatoms. The van der Waals surface area contributed by atoms with Gasteiger partial charge in [0, 0.05) is 25.7 Å². The summed E-state index contributed by atoms with van der Waals surface area (Å²) in [5.41, 5.74) is 1.01. The molecule has 22 heavy (non-hydrogen) atoms. The topological polar surface area (TPSA) is 54.0 Å². The number of likely N-dealkylation sites (tertiary alicyclic amines) is 1. The number of benzene rings is 1. The van der Waals surface area contributed by atoms with Crippen molar-refractivity contribution in [2.75, 3.05) is 34.0 Å². The van der Waals surface area contributed by atoms with Gasteiger partial charge in [-0.25, -0.2) is 4.79 Å². The fourth-order valence-corrected chi connectivity index (χ4v) is 2.90. The van der Waals surface area contributed by atoms with Gasteiger partial charge in [0.2, 0.25) is 6.79 Å². The van der Waals surface area contributed by atoms with Crippen molar-refractivity contribution in [3.63, 3.8) is 0 Å². The summed E-state index contributed by atoms with van der Waals surface area (Å²) in [5.74, 6) is 1.51. The highest BCUT2D eigenvalue weighted by molar-refractivity contribution is 5.74. The highest BCUT2D eigenvalue weighted by Gasteiger charge is 2.24. The largest absolute Gasteiger partial charge is 0.454 e. The Labute approximate surface area is 131 Å². The summed E-state index contributed by atoms with van der Waals surface area (Å²) in [7, 11) is 4.14. The second kappa shape index (κ2) is 6.44. The van der Waals surface area contributed by atoms with Crippen molar-refractivity contribution in [3.8, 4) is 11.5 Å². The fraction of sp³-hybridized carbons (Fsp3) is 0.562. The second-order valence-corrected chi connectivity index (χ2v) is 6.05. The molecule has 0 saturated carbocycles. The number of carbonyl (C=O) groups excluding carboxylic acids is 1. The zero-order valence-corrected chi connectivity index (χ0v) is 13.2. The van der Waals surface area contributed by atoms with E-state index in [1.807, 2.05) is 23.1 Å². The van der Waals surface area contributed by atoms with Gasteiger partial charge < -0.3 is 24.6 Å². The van der Waals surface area contributed by atoms with Crippen LogP contribution in [-0.2, 0) is 6.54 Å². The minimum Gasteiger partial charge on any atom is -0.454 e. The second-order valence-electron chi connectivity index (χ2n) is 6.05. The highest BCUT2D eigenvalue weighted by Crippen LogP contribution is 2.32. The number of rotatable bonds is 3. The van der Waals surface area contributed by atoms with Gasteiger partial charge in [0.05, 0.1) is 0 Å². The van der Waals surface area contributed by atoms with Crippen LogP contribution in [0.1, 0.15) is 18.4 Å². The molecule has 2 heterocycles. The molecule has 1 saturated heterocycles. The first-order valence-electron chi connectivity index (χ1n) is 7.71. The van der Waals surface area contributed by atoms with E-state index in [1.54, 1.807) is 0 Å². The first-order chi connectivity index (χ1) is 10.6. The predicted octanol–water partition coefficient (Wildman–Crippen LogP) is 1.65. The predicted molar refractivity (Wildman–Crippen MR) is 83.1 cm³/mol. The van der Waals surface area contributed by atoms with Gasteiger partial charge >= 0.3 is 6.03 Å². The van der Waals surface area contributed by atoms with Crippen LogP contribution in [0.15, 0.2) is 18.2 Å². The molecule has 1 atom stereocenters. The molecule has 2 aliphatic rings. The van der Waals surface area contributed by atoms with Crippen molar-refractivity contribution in [1.29, 1.82) is 0 Å². The molecule has 3 rings (SSSR count). The quantitative estimate of drug-likeness (QED) is 0.922. The average molecular weight is 305 g/mol. The Kier molecular flexibility index (Phi) is 4.38. The van der Waals surface area contributed by atoms with Crippen LogP contribution in [0.25, 0.3) is 0 Å². The average Bonchev–Trinajstić information content (AvgIpc) is 3.00. The molecular formula is C16H23N3O3. The van der Waals surface area contributed by atoms with Crippen LogP contribution < -0.4 is 14.8 Å². The molecule has 1 N–H and O–H groups in total. The summed E-state index contributed by atoms with van der Waals surface area (Å²) in [6.07, 6.45) is 2.21. The molecule has 6 nitrogen and oxygen atoms in total. The van der Waals surface area contributed by atoms with Gasteiger partial charge in [-0.3, -0.25) is 0 Å². The molecule has 0 aliphatic carbocycles.